The highest BCUT2D eigenvalue weighted by Crippen LogP contribution is 2.22. The fourth-order valence-electron chi connectivity index (χ4n) is 3.48. The summed E-state index contributed by atoms with van der Waals surface area (Å²) in [6, 6.07) is 14.0. The van der Waals surface area contributed by atoms with Gasteiger partial charge in [-0.3, -0.25) is 9.59 Å². The summed E-state index contributed by atoms with van der Waals surface area (Å²) < 4.78 is 37.5. The molecule has 172 valence electrons. The molecule has 32 heavy (non-hydrogen) atoms. The molecule has 0 aromatic heterocycles. The van der Waals surface area contributed by atoms with Crippen LogP contribution < -0.4 is 0 Å². The molecular formula is C23H28N2O6S. The fourth-order valence-corrected chi connectivity index (χ4v) is 4.92. The molecule has 0 atom stereocenters. The van der Waals surface area contributed by atoms with Crippen LogP contribution in [0.25, 0.3) is 0 Å². The van der Waals surface area contributed by atoms with Crippen LogP contribution in [0.15, 0.2) is 53.4 Å². The molecule has 1 heterocycles. The van der Waals surface area contributed by atoms with Gasteiger partial charge in [-0.2, -0.15) is 4.31 Å². The Morgan fingerprint density at radius 1 is 1.09 bits per heavy atom. The number of morpholine rings is 1. The van der Waals surface area contributed by atoms with Gasteiger partial charge in [-0.25, -0.2) is 8.42 Å². The van der Waals surface area contributed by atoms with Gasteiger partial charge in [0.25, 0.3) is 5.91 Å². The van der Waals surface area contributed by atoms with E-state index in [1.807, 2.05) is 30.3 Å². The Morgan fingerprint density at radius 2 is 1.78 bits per heavy atom. The maximum Gasteiger partial charge on any atom is 0.307 e. The highest BCUT2D eigenvalue weighted by molar-refractivity contribution is 7.89. The molecule has 2 aromatic carbocycles. The Kier molecular flexibility index (Phi) is 8.00. The van der Waals surface area contributed by atoms with Crippen LogP contribution in [0.3, 0.4) is 0 Å². The molecule has 0 aliphatic carbocycles. The largest absolute Gasteiger partial charge is 0.469 e. The molecule has 1 amide bonds. The van der Waals surface area contributed by atoms with Crippen LogP contribution in [0.1, 0.15) is 27.9 Å². The Bertz CT molecular complexity index is 1050. The van der Waals surface area contributed by atoms with Gasteiger partial charge >= 0.3 is 5.97 Å². The van der Waals surface area contributed by atoms with Crippen molar-refractivity contribution in [1.29, 1.82) is 0 Å². The Morgan fingerprint density at radius 3 is 2.44 bits per heavy atom. The number of esters is 1. The second kappa shape index (κ2) is 10.7. The molecule has 0 bridgehead atoms. The van der Waals surface area contributed by atoms with Crippen molar-refractivity contribution in [2.45, 2.75) is 24.8 Å². The molecule has 1 aliphatic rings. The number of carbonyl (C=O) groups is 2. The monoisotopic (exact) mass is 460 g/mol. The second-order valence-electron chi connectivity index (χ2n) is 7.53. The molecular weight excluding hydrogens is 432 g/mol. The van der Waals surface area contributed by atoms with E-state index in [4.69, 9.17) is 9.47 Å². The summed E-state index contributed by atoms with van der Waals surface area (Å²) in [5, 5.41) is 0. The Balaban J connectivity index is 1.90. The number of methoxy groups -OCH3 is 1. The Hall–Kier alpha value is -2.75. The first kappa shape index (κ1) is 23.9. The first-order valence-corrected chi connectivity index (χ1v) is 11.9. The fraction of sp³-hybridized carbons (Fsp3) is 0.391. The van der Waals surface area contributed by atoms with Crippen molar-refractivity contribution in [3.63, 3.8) is 0 Å². The van der Waals surface area contributed by atoms with Crippen LogP contribution in [-0.4, -0.2) is 69.5 Å². The van der Waals surface area contributed by atoms with Crippen LogP contribution in [-0.2, 0) is 30.8 Å². The first-order chi connectivity index (χ1) is 15.3. The Labute approximate surface area is 188 Å². The van der Waals surface area contributed by atoms with E-state index in [0.29, 0.717) is 24.3 Å². The number of rotatable bonds is 8. The summed E-state index contributed by atoms with van der Waals surface area (Å²) in [7, 11) is -2.44. The molecule has 0 radical (unpaired) electrons. The summed E-state index contributed by atoms with van der Waals surface area (Å²) in [5.74, 6) is -0.759. The lowest BCUT2D eigenvalue weighted by molar-refractivity contribution is -0.140. The number of aryl methyl sites for hydroxylation is 1. The maximum atomic E-state index is 13.5. The molecule has 8 nitrogen and oxygen atoms in total. The van der Waals surface area contributed by atoms with Crippen molar-refractivity contribution in [1.82, 2.24) is 9.21 Å². The lowest BCUT2D eigenvalue weighted by Crippen LogP contribution is -2.40. The third kappa shape index (κ3) is 5.73. The van der Waals surface area contributed by atoms with E-state index in [1.54, 1.807) is 17.9 Å². The third-order valence-corrected chi connectivity index (χ3v) is 7.26. The van der Waals surface area contributed by atoms with E-state index in [2.05, 4.69) is 0 Å². The zero-order chi connectivity index (χ0) is 23.1. The van der Waals surface area contributed by atoms with Crippen LogP contribution in [0.4, 0.5) is 0 Å². The van der Waals surface area contributed by atoms with Crippen molar-refractivity contribution in [2.75, 3.05) is 40.0 Å². The van der Waals surface area contributed by atoms with Gasteiger partial charge in [0.05, 0.1) is 31.6 Å². The van der Waals surface area contributed by atoms with Gasteiger partial charge in [-0.1, -0.05) is 36.4 Å². The third-order valence-electron chi connectivity index (χ3n) is 5.36. The lowest BCUT2D eigenvalue weighted by atomic mass is 10.1. The number of hydrogen-bond acceptors (Lipinski definition) is 6. The average molecular weight is 461 g/mol. The minimum absolute atomic E-state index is 0.0416. The van der Waals surface area contributed by atoms with Crippen LogP contribution in [0, 0.1) is 6.92 Å². The molecule has 1 fully saturated rings. The predicted octanol–water partition coefficient (Wildman–Crippen LogP) is 2.22. The predicted molar refractivity (Wildman–Crippen MR) is 119 cm³/mol. The summed E-state index contributed by atoms with van der Waals surface area (Å²) in [5.41, 5.74) is 1.85. The van der Waals surface area contributed by atoms with Crippen LogP contribution in [0.2, 0.25) is 0 Å². The second-order valence-corrected chi connectivity index (χ2v) is 9.47. The van der Waals surface area contributed by atoms with E-state index in [9.17, 15) is 18.0 Å². The molecule has 2 aromatic rings. The maximum absolute atomic E-state index is 13.5. The van der Waals surface area contributed by atoms with Gasteiger partial charge in [0.15, 0.2) is 0 Å². The molecule has 0 saturated carbocycles. The van der Waals surface area contributed by atoms with E-state index < -0.39 is 16.0 Å². The van der Waals surface area contributed by atoms with Crippen molar-refractivity contribution < 1.29 is 27.5 Å². The van der Waals surface area contributed by atoms with Gasteiger partial charge < -0.3 is 14.4 Å². The zero-order valence-corrected chi connectivity index (χ0v) is 19.1. The molecule has 0 unspecified atom stereocenters. The highest BCUT2D eigenvalue weighted by atomic mass is 32.2. The van der Waals surface area contributed by atoms with Gasteiger partial charge in [-0.05, 0) is 30.2 Å². The molecule has 9 heteroatoms. The summed E-state index contributed by atoms with van der Waals surface area (Å²) in [6.45, 7) is 3.44. The van der Waals surface area contributed by atoms with Gasteiger partial charge in [0, 0.05) is 31.7 Å². The normalized spacial score (nSPS) is 14.7. The topological polar surface area (TPSA) is 93.2 Å². The molecule has 0 spiro atoms. The van der Waals surface area contributed by atoms with Crippen molar-refractivity contribution in [3.8, 4) is 0 Å². The number of nitrogens with zero attached hydrogens (tertiary/aromatic N) is 2. The standard InChI is InChI=1S/C23H28N2O6S/c1-18-8-9-20(32(28,29)25-12-14-31-15-13-25)16-21(18)23(27)24(11-10-22(26)30-2)17-19-6-4-3-5-7-19/h3-9,16H,10-15,17H2,1-2H3. The van der Waals surface area contributed by atoms with E-state index >= 15 is 0 Å². The van der Waals surface area contributed by atoms with E-state index in [0.717, 1.165) is 5.56 Å². The summed E-state index contributed by atoms with van der Waals surface area (Å²) in [4.78, 5) is 26.8. The SMILES string of the molecule is COC(=O)CCN(Cc1ccccc1)C(=O)c1cc(S(=O)(=O)N2CCOCC2)ccc1C. The quantitative estimate of drug-likeness (QED) is 0.561. The number of benzene rings is 2. The molecule has 1 aliphatic heterocycles. The number of amides is 1. The van der Waals surface area contributed by atoms with E-state index in [-0.39, 0.29) is 43.4 Å². The van der Waals surface area contributed by atoms with Crippen molar-refractivity contribution in [3.05, 3.63) is 65.2 Å². The average Bonchev–Trinajstić information content (AvgIpc) is 2.82. The highest BCUT2D eigenvalue weighted by Gasteiger charge is 2.28. The summed E-state index contributed by atoms with van der Waals surface area (Å²) >= 11 is 0. The number of hydrogen-bond donors (Lipinski definition) is 0. The van der Waals surface area contributed by atoms with Gasteiger partial charge in [0.1, 0.15) is 0 Å². The zero-order valence-electron chi connectivity index (χ0n) is 18.3. The number of ether oxygens (including phenoxy) is 2. The lowest BCUT2D eigenvalue weighted by Gasteiger charge is -2.27. The molecule has 1 saturated heterocycles. The van der Waals surface area contributed by atoms with Crippen molar-refractivity contribution in [2.24, 2.45) is 0 Å². The van der Waals surface area contributed by atoms with Gasteiger partial charge in [0.2, 0.25) is 10.0 Å². The van der Waals surface area contributed by atoms with Crippen LogP contribution >= 0.6 is 0 Å². The minimum atomic E-state index is -3.74. The summed E-state index contributed by atoms with van der Waals surface area (Å²) in [6.07, 6.45) is 0.0416. The minimum Gasteiger partial charge on any atom is -0.469 e. The molecule has 3 rings (SSSR count). The number of carbonyl (C=O) groups excluding carboxylic acids is 2. The van der Waals surface area contributed by atoms with Crippen LogP contribution in [0.5, 0.6) is 0 Å². The first-order valence-electron chi connectivity index (χ1n) is 10.4. The number of sulfonamides is 1. The smallest absolute Gasteiger partial charge is 0.307 e. The van der Waals surface area contributed by atoms with Crippen molar-refractivity contribution >= 4 is 21.9 Å². The van der Waals surface area contributed by atoms with E-state index in [1.165, 1.54) is 23.5 Å². The molecule has 0 N–H and O–H groups in total. The van der Waals surface area contributed by atoms with Gasteiger partial charge in [-0.15, -0.1) is 0 Å².